The topological polar surface area (TPSA) is 72.4 Å². The average Bonchev–Trinajstić information content (AvgIpc) is 2.74. The van der Waals surface area contributed by atoms with E-state index in [1.54, 1.807) is 45.6 Å². The van der Waals surface area contributed by atoms with Gasteiger partial charge in [-0.05, 0) is 44.2 Å². The second-order valence-electron chi connectivity index (χ2n) is 5.87. The van der Waals surface area contributed by atoms with Gasteiger partial charge in [0.2, 0.25) is 0 Å². The van der Waals surface area contributed by atoms with Crippen LogP contribution >= 0.6 is 0 Å². The molecule has 0 unspecified atom stereocenters. The van der Waals surface area contributed by atoms with E-state index in [2.05, 4.69) is 29.3 Å². The lowest BCUT2D eigenvalue weighted by Crippen LogP contribution is -2.22. The van der Waals surface area contributed by atoms with Crippen molar-refractivity contribution in [2.75, 3.05) is 39.3 Å². The first-order valence-corrected chi connectivity index (χ1v) is 9.06. The van der Waals surface area contributed by atoms with E-state index in [4.69, 9.17) is 14.2 Å². The standard InChI is InChI=1S/C21H27N3O4/c1-6-24(7-2)17-10-8-15(9-11-17)21(25)23-22-14-16-12-19(27-4)20(28-5)13-18(16)26-3/h8-14H,6-7H2,1-5H3,(H,23,25)/b22-14-. The van der Waals surface area contributed by atoms with Crippen molar-refractivity contribution in [1.82, 2.24) is 5.43 Å². The number of hydrogen-bond acceptors (Lipinski definition) is 6. The van der Waals surface area contributed by atoms with Crippen LogP contribution in [0.2, 0.25) is 0 Å². The molecule has 1 N–H and O–H groups in total. The van der Waals surface area contributed by atoms with E-state index in [-0.39, 0.29) is 5.91 Å². The minimum Gasteiger partial charge on any atom is -0.496 e. The first-order chi connectivity index (χ1) is 13.6. The highest BCUT2D eigenvalue weighted by atomic mass is 16.5. The van der Waals surface area contributed by atoms with Gasteiger partial charge in [0, 0.05) is 36.0 Å². The highest BCUT2D eigenvalue weighted by Gasteiger charge is 2.11. The number of carbonyl (C=O) groups excluding carboxylic acids is 1. The number of nitrogens with zero attached hydrogens (tertiary/aromatic N) is 2. The summed E-state index contributed by atoms with van der Waals surface area (Å²) in [5.74, 6) is 1.36. The molecule has 7 heteroatoms. The van der Waals surface area contributed by atoms with E-state index >= 15 is 0 Å². The van der Waals surface area contributed by atoms with Gasteiger partial charge in [0.05, 0.1) is 27.5 Å². The molecular weight excluding hydrogens is 358 g/mol. The lowest BCUT2D eigenvalue weighted by Gasteiger charge is -2.20. The third-order valence-corrected chi connectivity index (χ3v) is 4.36. The molecule has 28 heavy (non-hydrogen) atoms. The maximum Gasteiger partial charge on any atom is 0.271 e. The van der Waals surface area contributed by atoms with Crippen molar-refractivity contribution in [2.45, 2.75) is 13.8 Å². The van der Waals surface area contributed by atoms with Gasteiger partial charge in [-0.2, -0.15) is 5.10 Å². The quantitative estimate of drug-likeness (QED) is 0.530. The second kappa shape index (κ2) is 10.2. The van der Waals surface area contributed by atoms with Crippen molar-refractivity contribution < 1.29 is 19.0 Å². The molecule has 0 saturated heterocycles. The fraction of sp³-hybridized carbons (Fsp3) is 0.333. The van der Waals surface area contributed by atoms with Crippen LogP contribution in [-0.2, 0) is 0 Å². The Morgan fingerprint density at radius 2 is 1.54 bits per heavy atom. The van der Waals surface area contributed by atoms with Crippen LogP contribution in [0.15, 0.2) is 41.5 Å². The Kier molecular flexibility index (Phi) is 7.68. The predicted octanol–water partition coefficient (Wildman–Crippen LogP) is 3.32. The fourth-order valence-electron chi connectivity index (χ4n) is 2.79. The van der Waals surface area contributed by atoms with Gasteiger partial charge in [-0.1, -0.05) is 0 Å². The summed E-state index contributed by atoms with van der Waals surface area (Å²) >= 11 is 0. The zero-order chi connectivity index (χ0) is 20.5. The molecule has 0 atom stereocenters. The van der Waals surface area contributed by atoms with Crippen LogP contribution in [0.25, 0.3) is 0 Å². The zero-order valence-corrected chi connectivity index (χ0v) is 17.0. The summed E-state index contributed by atoms with van der Waals surface area (Å²) < 4.78 is 15.9. The number of amides is 1. The monoisotopic (exact) mass is 385 g/mol. The van der Waals surface area contributed by atoms with Gasteiger partial charge in [0.25, 0.3) is 5.91 Å². The van der Waals surface area contributed by atoms with Gasteiger partial charge in [-0.25, -0.2) is 5.43 Å². The van der Waals surface area contributed by atoms with Crippen molar-refractivity contribution in [1.29, 1.82) is 0 Å². The maximum atomic E-state index is 12.3. The number of anilines is 1. The van der Waals surface area contributed by atoms with E-state index in [0.717, 1.165) is 18.8 Å². The average molecular weight is 385 g/mol. The Hall–Kier alpha value is -3.22. The predicted molar refractivity (Wildman–Crippen MR) is 111 cm³/mol. The Balaban J connectivity index is 2.11. The van der Waals surface area contributed by atoms with Crippen molar-refractivity contribution >= 4 is 17.8 Å². The lowest BCUT2D eigenvalue weighted by atomic mass is 10.2. The summed E-state index contributed by atoms with van der Waals surface area (Å²) in [4.78, 5) is 14.5. The van der Waals surface area contributed by atoms with Crippen molar-refractivity contribution in [3.63, 3.8) is 0 Å². The largest absolute Gasteiger partial charge is 0.496 e. The van der Waals surface area contributed by atoms with E-state index in [1.165, 1.54) is 6.21 Å². The molecule has 2 rings (SSSR count). The van der Waals surface area contributed by atoms with Crippen molar-refractivity contribution in [3.8, 4) is 17.2 Å². The number of nitrogens with one attached hydrogen (secondary N) is 1. The first kappa shape index (κ1) is 21.1. The van der Waals surface area contributed by atoms with Crippen LogP contribution in [0.4, 0.5) is 5.69 Å². The Morgan fingerprint density at radius 1 is 0.964 bits per heavy atom. The third-order valence-electron chi connectivity index (χ3n) is 4.36. The maximum absolute atomic E-state index is 12.3. The van der Waals surface area contributed by atoms with E-state index in [9.17, 15) is 4.79 Å². The molecule has 0 saturated carbocycles. The molecule has 0 radical (unpaired) electrons. The number of benzene rings is 2. The zero-order valence-electron chi connectivity index (χ0n) is 17.0. The molecule has 0 aliphatic carbocycles. The smallest absolute Gasteiger partial charge is 0.271 e. The number of methoxy groups -OCH3 is 3. The molecule has 2 aromatic rings. The number of rotatable bonds is 9. The minimum absolute atomic E-state index is 0.290. The third kappa shape index (κ3) is 4.94. The number of carbonyl (C=O) groups is 1. The fourth-order valence-corrected chi connectivity index (χ4v) is 2.79. The summed E-state index contributed by atoms with van der Waals surface area (Å²) in [6.45, 7) is 6.03. The molecule has 0 heterocycles. The number of ether oxygens (including phenoxy) is 3. The SMILES string of the molecule is CCN(CC)c1ccc(C(=O)N/N=C\c2cc(OC)c(OC)cc2OC)cc1. The molecule has 0 spiro atoms. The lowest BCUT2D eigenvalue weighted by molar-refractivity contribution is 0.0955. The summed E-state index contributed by atoms with van der Waals surface area (Å²) in [6, 6.07) is 10.9. The van der Waals surface area contributed by atoms with Crippen molar-refractivity contribution in [2.24, 2.45) is 5.10 Å². The van der Waals surface area contributed by atoms with Crippen LogP contribution in [0.1, 0.15) is 29.8 Å². The first-order valence-electron chi connectivity index (χ1n) is 9.06. The van der Waals surface area contributed by atoms with Gasteiger partial charge in [-0.3, -0.25) is 4.79 Å². The van der Waals surface area contributed by atoms with Crippen molar-refractivity contribution in [3.05, 3.63) is 47.5 Å². The summed E-state index contributed by atoms with van der Waals surface area (Å²) in [5.41, 5.74) is 4.80. The molecule has 1 amide bonds. The highest BCUT2D eigenvalue weighted by Crippen LogP contribution is 2.33. The normalized spacial score (nSPS) is 10.6. The molecule has 0 aromatic heterocycles. The molecule has 150 valence electrons. The van der Waals surface area contributed by atoms with E-state index < -0.39 is 0 Å². The molecule has 0 aliphatic rings. The van der Waals surface area contributed by atoms with Gasteiger partial charge < -0.3 is 19.1 Å². The molecule has 0 aliphatic heterocycles. The second-order valence-corrected chi connectivity index (χ2v) is 5.87. The van der Waals surface area contributed by atoms with E-state index in [1.807, 2.05) is 12.1 Å². The summed E-state index contributed by atoms with van der Waals surface area (Å²) in [5, 5.41) is 4.04. The van der Waals surface area contributed by atoms with Crippen LogP contribution < -0.4 is 24.5 Å². The van der Waals surface area contributed by atoms with Crippen LogP contribution in [0, 0.1) is 0 Å². The molecule has 2 aromatic carbocycles. The number of hydrogen-bond donors (Lipinski definition) is 1. The Labute approximate surface area is 165 Å². The van der Waals surface area contributed by atoms with Crippen LogP contribution in [0.3, 0.4) is 0 Å². The molecule has 7 nitrogen and oxygen atoms in total. The highest BCUT2D eigenvalue weighted by molar-refractivity contribution is 5.95. The van der Waals surface area contributed by atoms with Gasteiger partial charge >= 0.3 is 0 Å². The summed E-state index contributed by atoms with van der Waals surface area (Å²) in [7, 11) is 4.65. The molecule has 0 bridgehead atoms. The number of hydrazone groups is 1. The molecular formula is C21H27N3O4. The Bertz CT molecular complexity index is 815. The van der Waals surface area contributed by atoms with Gasteiger partial charge in [0.15, 0.2) is 11.5 Å². The molecule has 0 fully saturated rings. The van der Waals surface area contributed by atoms with Gasteiger partial charge in [0.1, 0.15) is 5.75 Å². The van der Waals surface area contributed by atoms with E-state index in [0.29, 0.717) is 28.4 Å². The van der Waals surface area contributed by atoms with Crippen LogP contribution in [0.5, 0.6) is 17.2 Å². The summed E-state index contributed by atoms with van der Waals surface area (Å²) in [6.07, 6.45) is 1.50. The Morgan fingerprint density at radius 3 is 2.07 bits per heavy atom. The van der Waals surface area contributed by atoms with Crippen LogP contribution in [-0.4, -0.2) is 46.5 Å². The minimum atomic E-state index is -0.290. The van der Waals surface area contributed by atoms with Gasteiger partial charge in [-0.15, -0.1) is 0 Å².